The normalized spacial score (nSPS) is 15.6. The minimum absolute atomic E-state index is 0. The number of hydrogen-bond acceptors (Lipinski definition) is 0. The van der Waals surface area contributed by atoms with Crippen LogP contribution in [0.4, 0.5) is 0 Å². The molecule has 3 aromatic rings. The Labute approximate surface area is 197 Å². The molecule has 150 valence electrons. The molecule has 0 heterocycles. The molecule has 4 heteroatoms. The van der Waals surface area contributed by atoms with Gasteiger partial charge in [0.05, 0.1) is 0 Å². The van der Waals surface area contributed by atoms with Gasteiger partial charge in [0.1, 0.15) is 0 Å². The van der Waals surface area contributed by atoms with Gasteiger partial charge in [0.2, 0.25) is 0 Å². The third-order valence-electron chi connectivity index (χ3n) is 5.62. The fraction of sp³-hybridized carbons (Fsp3) is 0.0769. The van der Waals surface area contributed by atoms with Crippen molar-refractivity contribution in [3.63, 3.8) is 0 Å². The van der Waals surface area contributed by atoms with E-state index in [1.807, 2.05) is 0 Å². The Morgan fingerprint density at radius 3 is 1.93 bits per heavy atom. The van der Waals surface area contributed by atoms with Crippen LogP contribution in [0.1, 0.15) is 21.8 Å². The average molecular weight is 483 g/mol. The van der Waals surface area contributed by atoms with E-state index >= 15 is 0 Å². The Morgan fingerprint density at radius 2 is 1.33 bits per heavy atom. The molecule has 3 aromatic carbocycles. The van der Waals surface area contributed by atoms with Gasteiger partial charge in [0.25, 0.3) is 0 Å². The molecule has 0 aromatic heterocycles. The Morgan fingerprint density at radius 1 is 0.733 bits per heavy atom. The third kappa shape index (κ3) is 4.51. The molecule has 0 spiro atoms. The van der Waals surface area contributed by atoms with Crippen molar-refractivity contribution in [3.05, 3.63) is 124 Å². The van der Waals surface area contributed by atoms with Gasteiger partial charge in [-0.3, -0.25) is 0 Å². The van der Waals surface area contributed by atoms with Gasteiger partial charge in [-0.2, -0.15) is 0 Å². The Hall–Kier alpha value is -1.61. The van der Waals surface area contributed by atoms with Gasteiger partial charge in [-0.25, -0.2) is 0 Å². The van der Waals surface area contributed by atoms with Crippen LogP contribution in [0.25, 0.3) is 6.08 Å². The second-order valence-corrected chi connectivity index (χ2v) is 17.0. The van der Waals surface area contributed by atoms with Crippen molar-refractivity contribution in [1.29, 1.82) is 0 Å². The predicted molar refractivity (Wildman–Crippen MR) is 132 cm³/mol. The molecular formula is C26H24Cl2SiTi. The predicted octanol–water partition coefficient (Wildman–Crippen LogP) is 5.87. The van der Waals surface area contributed by atoms with E-state index in [1.165, 1.54) is 5.56 Å². The summed E-state index contributed by atoms with van der Waals surface area (Å²) < 4.78 is 2.35. The Balaban J connectivity index is 0.00000128. The molecule has 0 N–H and O–H groups in total. The van der Waals surface area contributed by atoms with Gasteiger partial charge in [-0.05, 0) is 0 Å². The SMILES string of the molecule is C1=CC[C]([Ti]([CH]2C=Cc3ccccc32)=[Si](c2ccccc2)c2ccccc2)=C1.Cl.Cl. The summed E-state index contributed by atoms with van der Waals surface area (Å²) in [5.41, 5.74) is 2.98. The zero-order valence-corrected chi connectivity index (χ0v) is 20.8. The number of rotatable bonds is 4. The smallest absolute Gasteiger partial charge is 0.147 e. The molecule has 5 rings (SSSR count). The maximum absolute atomic E-state index is 2.52. The quantitative estimate of drug-likeness (QED) is 0.408. The van der Waals surface area contributed by atoms with Crippen LogP contribution in [-0.2, 0) is 16.6 Å². The number of fused-ring (bicyclic) bond motifs is 1. The topological polar surface area (TPSA) is 0 Å². The molecule has 30 heavy (non-hydrogen) atoms. The molecule has 1 unspecified atom stereocenters. The second kappa shape index (κ2) is 10.6. The first kappa shape index (κ1) is 23.1. The van der Waals surface area contributed by atoms with E-state index in [2.05, 4.69) is 115 Å². The van der Waals surface area contributed by atoms with Crippen LogP contribution in [0.3, 0.4) is 0 Å². The van der Waals surface area contributed by atoms with Crippen LogP contribution >= 0.6 is 24.8 Å². The van der Waals surface area contributed by atoms with E-state index in [9.17, 15) is 0 Å². The number of benzene rings is 3. The molecule has 0 radical (unpaired) electrons. The van der Waals surface area contributed by atoms with Gasteiger partial charge in [0.15, 0.2) is 0 Å². The third-order valence-corrected chi connectivity index (χ3v) is 19.2. The number of halogens is 2. The Kier molecular flexibility index (Phi) is 8.16. The molecule has 0 bridgehead atoms. The monoisotopic (exact) mass is 482 g/mol. The van der Waals surface area contributed by atoms with Gasteiger partial charge in [-0.15, -0.1) is 24.8 Å². The molecule has 2 aliphatic rings. The summed E-state index contributed by atoms with van der Waals surface area (Å²) in [5, 5.41) is 3.14. The van der Waals surface area contributed by atoms with Crippen LogP contribution in [-0.4, -0.2) is 6.19 Å². The summed E-state index contributed by atoms with van der Waals surface area (Å²) in [4.78, 5) is 0. The summed E-state index contributed by atoms with van der Waals surface area (Å²) in [5.74, 6) is 0. The van der Waals surface area contributed by atoms with Crippen molar-refractivity contribution in [2.24, 2.45) is 0 Å². The fourth-order valence-electron chi connectivity index (χ4n) is 4.35. The molecule has 0 saturated heterocycles. The largest absolute Gasteiger partial charge is 0.147 e. The van der Waals surface area contributed by atoms with Crippen LogP contribution in [0.2, 0.25) is 0 Å². The molecule has 1 atom stereocenters. The first-order valence-corrected chi connectivity index (χ1v) is 15.4. The van der Waals surface area contributed by atoms with Crippen molar-refractivity contribution in [2.45, 2.75) is 10.6 Å². The van der Waals surface area contributed by atoms with Crippen LogP contribution < -0.4 is 10.4 Å². The molecule has 0 amide bonds. The number of allylic oxidation sites excluding steroid dienone is 5. The fourth-order valence-corrected chi connectivity index (χ4v) is 19.2. The van der Waals surface area contributed by atoms with E-state index in [4.69, 9.17) is 0 Å². The summed E-state index contributed by atoms with van der Waals surface area (Å²) in [6, 6.07) is 31.7. The standard InChI is InChI=1S/C12H10Si.C9H7.C5H5.2ClH.Ti/c1-3-7-11(8-4-1)13-12-9-5-2-6-10-12;1-2-5-9-7-3-6-8(9)4-1;1-2-4-5-3-1;;;/h1-10H;1-7H;1-3H,4H2;2*1H;. The van der Waals surface area contributed by atoms with Gasteiger partial charge in [-0.1, -0.05) is 0 Å². The summed E-state index contributed by atoms with van der Waals surface area (Å²) in [7, 11) is 0. The average Bonchev–Trinajstić information content (AvgIpc) is 3.44. The molecule has 0 fully saturated rings. The zero-order chi connectivity index (χ0) is 18.8. The minimum Gasteiger partial charge on any atom is -0.147 e. The van der Waals surface area contributed by atoms with Gasteiger partial charge >= 0.3 is 174 Å². The summed E-state index contributed by atoms with van der Waals surface area (Å²) in [6.07, 6.45) is 12.3. The van der Waals surface area contributed by atoms with Crippen LogP contribution in [0.5, 0.6) is 0 Å². The van der Waals surface area contributed by atoms with Crippen molar-refractivity contribution < 1.29 is 16.6 Å². The maximum atomic E-state index is 2.52. The van der Waals surface area contributed by atoms with Crippen molar-refractivity contribution in [3.8, 4) is 0 Å². The first-order valence-electron chi connectivity index (χ1n) is 9.90. The van der Waals surface area contributed by atoms with E-state index in [-0.39, 0.29) is 24.8 Å². The summed E-state index contributed by atoms with van der Waals surface area (Å²) >= 11 is -1.70. The van der Waals surface area contributed by atoms with Crippen LogP contribution in [0.15, 0.2) is 113 Å². The number of hydrogen-bond donors (Lipinski definition) is 0. The van der Waals surface area contributed by atoms with E-state index in [0.29, 0.717) is 4.22 Å². The Bertz CT molecular complexity index is 1090. The van der Waals surface area contributed by atoms with E-state index in [1.54, 1.807) is 19.8 Å². The molecule has 2 aliphatic carbocycles. The summed E-state index contributed by atoms with van der Waals surface area (Å²) in [6.45, 7) is 0. The second-order valence-electron chi connectivity index (χ2n) is 7.31. The van der Waals surface area contributed by atoms with Crippen LogP contribution in [0, 0.1) is 0 Å². The molecular weight excluding hydrogens is 459 g/mol. The van der Waals surface area contributed by atoms with E-state index in [0.717, 1.165) is 6.42 Å². The van der Waals surface area contributed by atoms with Crippen molar-refractivity contribution >= 4 is 47.4 Å². The minimum atomic E-state index is -1.70. The first-order chi connectivity index (χ1) is 13.9. The molecule has 0 nitrogen and oxygen atoms in total. The van der Waals surface area contributed by atoms with E-state index < -0.39 is 22.8 Å². The van der Waals surface area contributed by atoms with Gasteiger partial charge in [0, 0.05) is 0 Å². The zero-order valence-electron chi connectivity index (χ0n) is 16.6. The molecule has 0 aliphatic heterocycles. The molecule has 0 saturated carbocycles. The van der Waals surface area contributed by atoms with Crippen molar-refractivity contribution in [2.75, 3.05) is 0 Å². The maximum Gasteiger partial charge on any atom is -0.147 e. The van der Waals surface area contributed by atoms with Crippen molar-refractivity contribution in [1.82, 2.24) is 0 Å². The van der Waals surface area contributed by atoms with Gasteiger partial charge < -0.3 is 0 Å².